The molecule has 0 unspecified atom stereocenters. The highest BCUT2D eigenvalue weighted by Crippen LogP contribution is 2.34. The molecule has 0 radical (unpaired) electrons. The highest BCUT2D eigenvalue weighted by molar-refractivity contribution is 7.17. The van der Waals surface area contributed by atoms with Crippen molar-refractivity contribution in [2.24, 2.45) is 0 Å². The fourth-order valence-corrected chi connectivity index (χ4v) is 4.07. The summed E-state index contributed by atoms with van der Waals surface area (Å²) >= 11 is 7.18. The van der Waals surface area contributed by atoms with E-state index in [0.717, 1.165) is 16.9 Å². The lowest BCUT2D eigenvalue weighted by atomic mass is 9.87. The van der Waals surface area contributed by atoms with Gasteiger partial charge in [0.1, 0.15) is 17.5 Å². The standard InChI is InChI=1S/C25H22ClN7O3S/c1-14-7-17(18-8-21(26)30-11-20(18)35-4)19(10-28-14)22(34)31-23-32-33-24(37-23)36-12-16-6-5-15(9-29-16)25(2,3)13-27/h5-11H,12H2,1-4H3,(H,31,32,34). The molecule has 4 aromatic heterocycles. The SMILES string of the molecule is COc1cnc(Cl)cc1-c1cc(C)ncc1C(=O)Nc1nnc(OCc2ccc(C(C)(C)C#N)cn2)s1. The van der Waals surface area contributed by atoms with E-state index in [4.69, 9.17) is 21.1 Å². The van der Waals surface area contributed by atoms with Gasteiger partial charge in [-0.25, -0.2) is 4.98 Å². The Balaban J connectivity index is 1.47. The summed E-state index contributed by atoms with van der Waals surface area (Å²) in [5, 5.41) is 20.8. The summed E-state index contributed by atoms with van der Waals surface area (Å²) < 4.78 is 11.1. The van der Waals surface area contributed by atoms with E-state index < -0.39 is 11.3 Å². The van der Waals surface area contributed by atoms with Crippen LogP contribution in [0.2, 0.25) is 5.15 Å². The second-order valence-corrected chi connectivity index (χ2v) is 9.80. The smallest absolute Gasteiger partial charge is 0.296 e. The minimum Gasteiger partial charge on any atom is -0.494 e. The number of halogens is 1. The highest BCUT2D eigenvalue weighted by atomic mass is 35.5. The van der Waals surface area contributed by atoms with Gasteiger partial charge >= 0.3 is 0 Å². The molecule has 4 aromatic rings. The molecule has 37 heavy (non-hydrogen) atoms. The van der Waals surface area contributed by atoms with Gasteiger partial charge in [-0.3, -0.25) is 20.1 Å². The number of methoxy groups -OCH3 is 1. The van der Waals surface area contributed by atoms with Crippen molar-refractivity contribution in [2.45, 2.75) is 32.8 Å². The maximum Gasteiger partial charge on any atom is 0.296 e. The fourth-order valence-electron chi connectivity index (χ4n) is 3.32. The first-order chi connectivity index (χ1) is 17.7. The normalized spacial score (nSPS) is 11.0. The molecule has 0 aliphatic carbocycles. The number of hydrogen-bond donors (Lipinski definition) is 1. The number of nitrogens with zero attached hydrogens (tertiary/aromatic N) is 6. The minimum atomic E-state index is -0.625. The molecule has 0 aliphatic rings. The molecule has 188 valence electrons. The molecular weight excluding hydrogens is 514 g/mol. The van der Waals surface area contributed by atoms with Crippen molar-refractivity contribution in [1.82, 2.24) is 25.1 Å². The van der Waals surface area contributed by atoms with E-state index in [1.54, 1.807) is 24.4 Å². The van der Waals surface area contributed by atoms with Gasteiger partial charge in [0, 0.05) is 29.2 Å². The summed E-state index contributed by atoms with van der Waals surface area (Å²) in [6, 6.07) is 9.29. The fraction of sp³-hybridized carbons (Fsp3) is 0.240. The van der Waals surface area contributed by atoms with Gasteiger partial charge in [-0.2, -0.15) is 5.26 Å². The number of anilines is 1. The lowest BCUT2D eigenvalue weighted by Gasteiger charge is -2.15. The van der Waals surface area contributed by atoms with Crippen LogP contribution in [0.5, 0.6) is 10.9 Å². The van der Waals surface area contributed by atoms with Crippen LogP contribution >= 0.6 is 22.9 Å². The van der Waals surface area contributed by atoms with Crippen molar-refractivity contribution in [3.63, 3.8) is 0 Å². The van der Waals surface area contributed by atoms with E-state index in [-0.39, 0.29) is 22.1 Å². The maximum atomic E-state index is 13.2. The van der Waals surface area contributed by atoms with Gasteiger partial charge in [-0.15, -0.1) is 5.10 Å². The van der Waals surface area contributed by atoms with Crippen molar-refractivity contribution in [3.8, 4) is 28.1 Å². The van der Waals surface area contributed by atoms with Gasteiger partial charge < -0.3 is 9.47 Å². The lowest BCUT2D eigenvalue weighted by Crippen LogP contribution is -2.14. The quantitative estimate of drug-likeness (QED) is 0.309. The number of ether oxygens (including phenoxy) is 2. The zero-order chi connectivity index (χ0) is 26.6. The zero-order valence-corrected chi connectivity index (χ0v) is 22.0. The van der Waals surface area contributed by atoms with Crippen LogP contribution in [0, 0.1) is 18.3 Å². The molecule has 0 bridgehead atoms. The Morgan fingerprint density at radius 3 is 2.65 bits per heavy atom. The largest absolute Gasteiger partial charge is 0.494 e. The first kappa shape index (κ1) is 25.9. The second-order valence-electron chi connectivity index (χ2n) is 8.47. The van der Waals surface area contributed by atoms with E-state index in [9.17, 15) is 10.1 Å². The van der Waals surface area contributed by atoms with Gasteiger partial charge in [0.05, 0.1) is 36.0 Å². The van der Waals surface area contributed by atoms with Gasteiger partial charge in [0.25, 0.3) is 11.1 Å². The number of rotatable bonds is 8. The highest BCUT2D eigenvalue weighted by Gasteiger charge is 2.21. The molecule has 0 spiro atoms. The van der Waals surface area contributed by atoms with Crippen molar-refractivity contribution in [1.29, 1.82) is 5.26 Å². The number of carbonyl (C=O) groups excluding carboxylic acids is 1. The number of carbonyl (C=O) groups is 1. The summed E-state index contributed by atoms with van der Waals surface area (Å²) in [4.78, 5) is 25.8. The van der Waals surface area contributed by atoms with E-state index in [1.807, 2.05) is 26.8 Å². The monoisotopic (exact) mass is 535 g/mol. The number of nitriles is 1. The van der Waals surface area contributed by atoms with Crippen LogP contribution in [0.4, 0.5) is 5.13 Å². The first-order valence-corrected chi connectivity index (χ1v) is 12.2. The Labute approximate surface area is 222 Å². The number of aromatic nitrogens is 5. The average Bonchev–Trinajstić information content (AvgIpc) is 3.34. The van der Waals surface area contributed by atoms with E-state index in [1.165, 1.54) is 19.5 Å². The Kier molecular flexibility index (Phi) is 7.61. The summed E-state index contributed by atoms with van der Waals surface area (Å²) in [7, 11) is 1.52. The molecule has 4 rings (SSSR count). The number of hydrogen-bond acceptors (Lipinski definition) is 10. The number of nitrogens with one attached hydrogen (secondary N) is 1. The summed E-state index contributed by atoms with van der Waals surface area (Å²) in [5.41, 5.74) is 3.06. The maximum absolute atomic E-state index is 13.2. The van der Waals surface area contributed by atoms with Crippen LogP contribution in [0.15, 0.2) is 42.9 Å². The average molecular weight is 536 g/mol. The van der Waals surface area contributed by atoms with Crippen LogP contribution in [0.3, 0.4) is 0 Å². The molecule has 0 aliphatic heterocycles. The van der Waals surface area contributed by atoms with Crippen LogP contribution in [-0.4, -0.2) is 38.2 Å². The Hall–Kier alpha value is -4.14. The molecule has 0 saturated carbocycles. The van der Waals surface area contributed by atoms with Crippen molar-refractivity contribution in [3.05, 3.63) is 70.5 Å². The molecule has 0 aromatic carbocycles. The van der Waals surface area contributed by atoms with Crippen LogP contribution in [-0.2, 0) is 12.0 Å². The predicted molar refractivity (Wildman–Crippen MR) is 139 cm³/mol. The van der Waals surface area contributed by atoms with Crippen molar-refractivity contribution < 1.29 is 14.3 Å². The molecule has 0 saturated heterocycles. The number of aryl methyl sites for hydroxylation is 1. The van der Waals surface area contributed by atoms with Crippen LogP contribution in [0.1, 0.15) is 41.2 Å². The Morgan fingerprint density at radius 1 is 1.14 bits per heavy atom. The topological polar surface area (TPSA) is 136 Å². The summed E-state index contributed by atoms with van der Waals surface area (Å²) in [6.07, 6.45) is 4.64. The van der Waals surface area contributed by atoms with Gasteiger partial charge in [0.15, 0.2) is 0 Å². The molecule has 12 heteroatoms. The van der Waals surface area contributed by atoms with E-state index in [0.29, 0.717) is 33.8 Å². The number of pyridine rings is 3. The Bertz CT molecular complexity index is 1480. The predicted octanol–water partition coefficient (Wildman–Crippen LogP) is 4.99. The van der Waals surface area contributed by atoms with E-state index >= 15 is 0 Å². The Morgan fingerprint density at radius 2 is 1.95 bits per heavy atom. The van der Waals surface area contributed by atoms with Crippen molar-refractivity contribution in [2.75, 3.05) is 12.4 Å². The number of amides is 1. The van der Waals surface area contributed by atoms with Gasteiger partial charge in [-0.1, -0.05) is 22.8 Å². The second kappa shape index (κ2) is 10.9. The van der Waals surface area contributed by atoms with Gasteiger partial charge in [-0.05, 0) is 55.9 Å². The molecule has 1 N–H and O–H groups in total. The van der Waals surface area contributed by atoms with E-state index in [2.05, 4.69) is 36.5 Å². The third-order valence-corrected chi connectivity index (χ3v) is 6.38. The van der Waals surface area contributed by atoms with Crippen LogP contribution < -0.4 is 14.8 Å². The third-order valence-electron chi connectivity index (χ3n) is 5.43. The first-order valence-electron chi connectivity index (χ1n) is 11.0. The van der Waals surface area contributed by atoms with Crippen molar-refractivity contribution >= 4 is 34.0 Å². The van der Waals surface area contributed by atoms with Gasteiger partial charge in [0.2, 0.25) is 5.13 Å². The molecule has 4 heterocycles. The van der Waals surface area contributed by atoms with Crippen LogP contribution in [0.25, 0.3) is 11.1 Å². The molecule has 0 atom stereocenters. The summed E-state index contributed by atoms with van der Waals surface area (Å²) in [6.45, 7) is 5.64. The molecule has 0 fully saturated rings. The molecular formula is C25H22ClN7O3S. The molecule has 1 amide bonds. The summed E-state index contributed by atoms with van der Waals surface area (Å²) in [5.74, 6) is 0.0334. The zero-order valence-electron chi connectivity index (χ0n) is 20.4. The minimum absolute atomic E-state index is 0.157. The molecule has 10 nitrogen and oxygen atoms in total. The lowest BCUT2D eigenvalue weighted by molar-refractivity contribution is 0.102. The third kappa shape index (κ3) is 5.99.